The van der Waals surface area contributed by atoms with Crippen molar-refractivity contribution in [1.29, 1.82) is 0 Å². The van der Waals surface area contributed by atoms with E-state index in [0.717, 1.165) is 17.5 Å². The highest BCUT2D eigenvalue weighted by molar-refractivity contribution is 9.18. The van der Waals surface area contributed by atoms with Crippen molar-refractivity contribution < 1.29 is 4.84 Å². The van der Waals surface area contributed by atoms with Crippen molar-refractivity contribution in [3.05, 3.63) is 35.4 Å². The van der Waals surface area contributed by atoms with E-state index < -0.39 is 0 Å². The predicted octanol–water partition coefficient (Wildman–Crippen LogP) is 3.35. The van der Waals surface area contributed by atoms with Gasteiger partial charge in [-0.25, -0.2) is 0 Å². The van der Waals surface area contributed by atoms with Crippen LogP contribution in [0, 0.1) is 0 Å². The Labute approximate surface area is 97.4 Å². The lowest BCUT2D eigenvalue weighted by Crippen LogP contribution is -2.30. The zero-order chi connectivity index (χ0) is 10.3. The van der Waals surface area contributed by atoms with Crippen molar-refractivity contribution in [2.24, 2.45) is 5.16 Å². The van der Waals surface area contributed by atoms with E-state index in [1.165, 1.54) is 24.0 Å². The predicted molar refractivity (Wildman–Crippen MR) is 63.1 cm³/mol. The summed E-state index contributed by atoms with van der Waals surface area (Å²) >= 11 is 3.43. The topological polar surface area (TPSA) is 21.6 Å². The molecule has 78 valence electrons. The molecule has 1 spiro atoms. The normalized spacial score (nSPS) is 28.5. The zero-order valence-corrected chi connectivity index (χ0v) is 9.96. The van der Waals surface area contributed by atoms with E-state index in [1.807, 2.05) is 0 Å². The maximum atomic E-state index is 5.66. The third kappa shape index (κ3) is 1.41. The number of hydrogen-bond donors (Lipinski definition) is 0. The molecular formula is C12H12BrNO. The fourth-order valence-corrected chi connectivity index (χ4v) is 3.12. The number of hydrogen-bond acceptors (Lipinski definition) is 2. The van der Waals surface area contributed by atoms with Gasteiger partial charge in [0, 0.05) is 12.0 Å². The second-order valence-electron chi connectivity index (χ2n) is 4.24. The third-order valence-electron chi connectivity index (χ3n) is 3.29. The van der Waals surface area contributed by atoms with Gasteiger partial charge in [0.2, 0.25) is 0 Å². The number of nitrogens with zero attached hydrogens (tertiary/aromatic N) is 1. The molecule has 1 aromatic rings. The van der Waals surface area contributed by atoms with Gasteiger partial charge < -0.3 is 4.84 Å². The standard InChI is InChI=1S/C12H12BrNO/c13-11-8-12(15-14-11)7-3-5-9-4-1-2-6-10(9)12/h1-2,4,6H,3,5,7-8H2. The number of benzene rings is 1. The van der Waals surface area contributed by atoms with E-state index in [0.29, 0.717) is 0 Å². The van der Waals surface area contributed by atoms with Crippen molar-refractivity contribution in [2.45, 2.75) is 31.3 Å². The average molecular weight is 266 g/mol. The molecule has 0 saturated carbocycles. The molecule has 3 rings (SSSR count). The molecule has 0 aromatic heterocycles. The maximum absolute atomic E-state index is 5.66. The van der Waals surface area contributed by atoms with Crippen LogP contribution in [0.4, 0.5) is 0 Å². The van der Waals surface area contributed by atoms with Crippen LogP contribution in [-0.2, 0) is 16.9 Å². The molecule has 1 atom stereocenters. The molecule has 15 heavy (non-hydrogen) atoms. The highest BCUT2D eigenvalue weighted by atomic mass is 79.9. The Balaban J connectivity index is 2.07. The average Bonchev–Trinajstić information content (AvgIpc) is 2.62. The number of aryl methyl sites for hydroxylation is 1. The van der Waals surface area contributed by atoms with E-state index in [2.05, 4.69) is 45.4 Å². The molecule has 1 aliphatic heterocycles. The fraction of sp³-hybridized carbons (Fsp3) is 0.417. The lowest BCUT2D eigenvalue weighted by atomic mass is 9.78. The van der Waals surface area contributed by atoms with Crippen LogP contribution >= 0.6 is 15.9 Å². The zero-order valence-electron chi connectivity index (χ0n) is 8.37. The van der Waals surface area contributed by atoms with E-state index in [1.54, 1.807) is 0 Å². The number of fused-ring (bicyclic) bond motifs is 2. The quantitative estimate of drug-likeness (QED) is 0.705. The number of rotatable bonds is 0. The second kappa shape index (κ2) is 3.34. The molecule has 1 heterocycles. The van der Waals surface area contributed by atoms with E-state index in [4.69, 9.17) is 4.84 Å². The van der Waals surface area contributed by atoms with Crippen LogP contribution in [0.15, 0.2) is 29.4 Å². The molecule has 1 unspecified atom stereocenters. The summed E-state index contributed by atoms with van der Waals surface area (Å²) < 4.78 is 0.930. The highest BCUT2D eigenvalue weighted by Crippen LogP contribution is 2.44. The Bertz CT molecular complexity index is 429. The second-order valence-corrected chi connectivity index (χ2v) is 5.16. The molecule has 0 N–H and O–H groups in total. The Morgan fingerprint density at radius 2 is 2.20 bits per heavy atom. The van der Waals surface area contributed by atoms with Crippen molar-refractivity contribution in [3.8, 4) is 0 Å². The van der Waals surface area contributed by atoms with Crippen molar-refractivity contribution >= 4 is 20.6 Å². The minimum Gasteiger partial charge on any atom is -0.383 e. The minimum absolute atomic E-state index is 0.173. The van der Waals surface area contributed by atoms with Crippen molar-refractivity contribution in [2.75, 3.05) is 0 Å². The first kappa shape index (κ1) is 9.40. The fourth-order valence-electron chi connectivity index (χ4n) is 2.60. The van der Waals surface area contributed by atoms with Gasteiger partial charge in [0.25, 0.3) is 0 Å². The summed E-state index contributed by atoms with van der Waals surface area (Å²) in [4.78, 5) is 5.66. The van der Waals surface area contributed by atoms with Gasteiger partial charge in [0.05, 0.1) is 0 Å². The molecule has 0 fully saturated rings. The maximum Gasteiger partial charge on any atom is 0.169 e. The van der Waals surface area contributed by atoms with Crippen molar-refractivity contribution in [3.63, 3.8) is 0 Å². The van der Waals surface area contributed by atoms with Gasteiger partial charge in [0.1, 0.15) is 4.62 Å². The van der Waals surface area contributed by atoms with Crippen LogP contribution in [0.5, 0.6) is 0 Å². The summed E-state index contributed by atoms with van der Waals surface area (Å²) in [6.07, 6.45) is 4.30. The summed E-state index contributed by atoms with van der Waals surface area (Å²) in [6, 6.07) is 8.56. The molecule has 0 radical (unpaired) electrons. The van der Waals surface area contributed by atoms with Crippen LogP contribution in [0.2, 0.25) is 0 Å². The smallest absolute Gasteiger partial charge is 0.169 e. The lowest BCUT2D eigenvalue weighted by Gasteiger charge is -2.32. The SMILES string of the molecule is BrC1=NOC2(CCCc3ccccc32)C1. The lowest BCUT2D eigenvalue weighted by molar-refractivity contribution is -0.0362. The Morgan fingerprint density at radius 1 is 1.33 bits per heavy atom. The summed E-state index contributed by atoms with van der Waals surface area (Å²) in [6.45, 7) is 0. The van der Waals surface area contributed by atoms with Crippen LogP contribution in [-0.4, -0.2) is 4.62 Å². The van der Waals surface area contributed by atoms with Gasteiger partial charge in [-0.05, 0) is 40.8 Å². The minimum atomic E-state index is -0.173. The van der Waals surface area contributed by atoms with Gasteiger partial charge in [-0.15, -0.1) is 0 Å². The summed E-state index contributed by atoms with van der Waals surface area (Å²) in [7, 11) is 0. The first-order valence-corrected chi connectivity index (χ1v) is 6.08. The van der Waals surface area contributed by atoms with Crippen LogP contribution in [0.3, 0.4) is 0 Å². The van der Waals surface area contributed by atoms with Gasteiger partial charge in [0.15, 0.2) is 5.60 Å². The van der Waals surface area contributed by atoms with Gasteiger partial charge >= 0.3 is 0 Å². The summed E-state index contributed by atoms with van der Waals surface area (Å²) in [5, 5.41) is 4.05. The Kier molecular flexibility index (Phi) is 2.09. The monoisotopic (exact) mass is 265 g/mol. The summed E-state index contributed by atoms with van der Waals surface area (Å²) in [5.74, 6) is 0. The molecule has 2 aliphatic rings. The number of oxime groups is 1. The van der Waals surface area contributed by atoms with Crippen molar-refractivity contribution in [1.82, 2.24) is 0 Å². The first-order valence-electron chi connectivity index (χ1n) is 5.29. The van der Waals surface area contributed by atoms with Gasteiger partial charge in [-0.3, -0.25) is 0 Å². The highest BCUT2D eigenvalue weighted by Gasteiger charge is 2.43. The van der Waals surface area contributed by atoms with Crippen LogP contribution in [0.25, 0.3) is 0 Å². The first-order chi connectivity index (χ1) is 7.30. The van der Waals surface area contributed by atoms with E-state index in [-0.39, 0.29) is 5.60 Å². The molecule has 0 bridgehead atoms. The van der Waals surface area contributed by atoms with Gasteiger partial charge in [-0.1, -0.05) is 29.4 Å². The molecule has 1 aliphatic carbocycles. The summed E-state index contributed by atoms with van der Waals surface area (Å²) in [5.41, 5.74) is 2.57. The largest absolute Gasteiger partial charge is 0.383 e. The van der Waals surface area contributed by atoms with E-state index in [9.17, 15) is 0 Å². The van der Waals surface area contributed by atoms with Crippen LogP contribution < -0.4 is 0 Å². The molecule has 3 heteroatoms. The third-order valence-corrected chi connectivity index (χ3v) is 3.71. The molecule has 0 saturated heterocycles. The molecule has 0 amide bonds. The van der Waals surface area contributed by atoms with E-state index >= 15 is 0 Å². The Hall–Kier alpha value is -0.830. The molecule has 2 nitrogen and oxygen atoms in total. The molecule has 1 aromatic carbocycles. The number of halogens is 1. The Morgan fingerprint density at radius 3 is 3.00 bits per heavy atom. The molecular weight excluding hydrogens is 254 g/mol. The van der Waals surface area contributed by atoms with Crippen LogP contribution in [0.1, 0.15) is 30.4 Å². The van der Waals surface area contributed by atoms with Gasteiger partial charge in [-0.2, -0.15) is 0 Å².